The van der Waals surface area contributed by atoms with Gasteiger partial charge in [-0.2, -0.15) is 0 Å². The number of carboxylic acid groups (broad SMARTS) is 1. The number of amides is 1. The molecule has 0 aromatic carbocycles. The molecule has 5 fully saturated rings. The lowest BCUT2D eigenvalue weighted by Gasteiger charge is -2.72. The minimum atomic E-state index is -1.15. The Morgan fingerprint density at radius 1 is 0.872 bits per heavy atom. The maximum Gasteiger partial charge on any atom is 0.309 e. The second kappa shape index (κ2) is 11.2. The zero-order valence-electron chi connectivity index (χ0n) is 30.7. The Morgan fingerprint density at radius 3 is 2.15 bits per heavy atom. The van der Waals surface area contributed by atoms with E-state index >= 15 is 0 Å². The number of esters is 1. The third-order valence-corrected chi connectivity index (χ3v) is 15.8. The standard InChI is InChI=1S/C40H61NO6/c1-24(2)25-13-18-40(32(43)33(44)41-21-10-22-41)20-19-38(8)26(31(25)40)11-12-28-37(7)16-15-29(47-30(42)23-35(3,4)34(45)46)36(5,6)27(37)14-17-39(28,38)9/h24,26-29H,10-23H2,1-9H3,(H,45,46). The molecule has 47 heavy (non-hydrogen) atoms. The minimum Gasteiger partial charge on any atom is -0.481 e. The number of carbonyl (C=O) groups is 4. The molecule has 6 aliphatic rings. The highest BCUT2D eigenvalue weighted by Crippen LogP contribution is 2.77. The molecule has 7 nitrogen and oxygen atoms in total. The van der Waals surface area contributed by atoms with Gasteiger partial charge >= 0.3 is 11.9 Å². The maximum atomic E-state index is 14.3. The van der Waals surface area contributed by atoms with Crippen molar-refractivity contribution in [3.05, 3.63) is 11.1 Å². The molecule has 5 aliphatic carbocycles. The van der Waals surface area contributed by atoms with Crippen LogP contribution in [0.3, 0.4) is 0 Å². The highest BCUT2D eigenvalue weighted by Gasteiger charge is 2.70. The number of hydrogen-bond donors (Lipinski definition) is 1. The zero-order valence-corrected chi connectivity index (χ0v) is 30.7. The van der Waals surface area contributed by atoms with Crippen molar-refractivity contribution < 1.29 is 29.0 Å². The monoisotopic (exact) mass is 651 g/mol. The summed E-state index contributed by atoms with van der Waals surface area (Å²) in [6, 6.07) is 0. The van der Waals surface area contributed by atoms with Crippen LogP contribution < -0.4 is 0 Å². The molecule has 1 saturated heterocycles. The predicted octanol–water partition coefficient (Wildman–Crippen LogP) is 8.00. The summed E-state index contributed by atoms with van der Waals surface area (Å²) in [4.78, 5) is 54.3. The molecule has 262 valence electrons. The molecular formula is C40H61NO6. The minimum absolute atomic E-state index is 0.0448. The van der Waals surface area contributed by atoms with Gasteiger partial charge in [-0.3, -0.25) is 19.2 Å². The first kappa shape index (κ1) is 34.7. The van der Waals surface area contributed by atoms with E-state index in [1.54, 1.807) is 18.7 Å². The molecule has 0 spiro atoms. The highest BCUT2D eigenvalue weighted by molar-refractivity contribution is 6.39. The van der Waals surface area contributed by atoms with Gasteiger partial charge in [-0.1, -0.05) is 59.6 Å². The number of hydrogen-bond acceptors (Lipinski definition) is 5. The van der Waals surface area contributed by atoms with Gasteiger partial charge in [0.15, 0.2) is 0 Å². The van der Waals surface area contributed by atoms with E-state index in [1.165, 1.54) is 11.1 Å². The second-order valence-corrected chi connectivity index (χ2v) is 19.0. The summed E-state index contributed by atoms with van der Waals surface area (Å²) >= 11 is 0. The van der Waals surface area contributed by atoms with E-state index in [2.05, 4.69) is 48.5 Å². The number of allylic oxidation sites excluding steroid dienone is 2. The Morgan fingerprint density at radius 2 is 1.55 bits per heavy atom. The largest absolute Gasteiger partial charge is 0.481 e. The number of carboxylic acids is 1. The second-order valence-electron chi connectivity index (χ2n) is 19.0. The number of rotatable bonds is 7. The topological polar surface area (TPSA) is 101 Å². The summed E-state index contributed by atoms with van der Waals surface area (Å²) in [5.41, 5.74) is 1.09. The molecule has 8 unspecified atom stereocenters. The van der Waals surface area contributed by atoms with Crippen molar-refractivity contribution in [2.24, 2.45) is 56.2 Å². The lowest BCUT2D eigenvalue weighted by Crippen LogP contribution is -2.66. The smallest absolute Gasteiger partial charge is 0.309 e. The van der Waals surface area contributed by atoms with E-state index in [0.29, 0.717) is 36.8 Å². The first-order chi connectivity index (χ1) is 21.8. The molecule has 0 radical (unpaired) electrons. The third-order valence-electron chi connectivity index (χ3n) is 15.8. The number of ketones is 1. The van der Waals surface area contributed by atoms with Gasteiger partial charge in [0.2, 0.25) is 5.78 Å². The van der Waals surface area contributed by atoms with Crippen molar-refractivity contribution in [1.29, 1.82) is 0 Å². The Hall–Kier alpha value is -2.18. The Kier molecular flexibility index (Phi) is 8.24. The zero-order chi connectivity index (χ0) is 34.5. The highest BCUT2D eigenvalue weighted by atomic mass is 16.5. The van der Waals surface area contributed by atoms with E-state index in [1.807, 2.05) is 0 Å². The molecule has 1 aliphatic heterocycles. The predicted molar refractivity (Wildman–Crippen MR) is 181 cm³/mol. The van der Waals surface area contributed by atoms with Crippen molar-refractivity contribution in [1.82, 2.24) is 4.90 Å². The average molecular weight is 652 g/mol. The van der Waals surface area contributed by atoms with Crippen molar-refractivity contribution in [2.75, 3.05) is 13.1 Å². The van der Waals surface area contributed by atoms with Gasteiger partial charge in [-0.15, -0.1) is 0 Å². The van der Waals surface area contributed by atoms with Crippen molar-refractivity contribution >= 4 is 23.6 Å². The van der Waals surface area contributed by atoms with Crippen molar-refractivity contribution in [3.63, 3.8) is 0 Å². The molecule has 0 bridgehead atoms. The fraction of sp³-hybridized carbons (Fsp3) is 0.850. The summed E-state index contributed by atoms with van der Waals surface area (Å²) in [5, 5.41) is 9.57. The number of aliphatic carboxylic acids is 1. The number of carbonyl (C=O) groups excluding carboxylic acids is 3. The van der Waals surface area contributed by atoms with Crippen molar-refractivity contribution in [3.8, 4) is 0 Å². The van der Waals surface area contributed by atoms with Gasteiger partial charge in [-0.25, -0.2) is 0 Å². The Labute approximate surface area is 283 Å². The third kappa shape index (κ3) is 4.84. The molecule has 8 atom stereocenters. The van der Waals surface area contributed by atoms with E-state index in [9.17, 15) is 24.3 Å². The molecule has 4 saturated carbocycles. The Balaban J connectivity index is 1.29. The van der Waals surface area contributed by atoms with Crippen LogP contribution in [0.25, 0.3) is 0 Å². The van der Waals surface area contributed by atoms with Crippen LogP contribution in [0.4, 0.5) is 0 Å². The molecular weight excluding hydrogens is 590 g/mol. The number of nitrogens with zero attached hydrogens (tertiary/aromatic N) is 1. The van der Waals surface area contributed by atoms with Gasteiger partial charge in [0.05, 0.1) is 17.3 Å². The lowest BCUT2D eigenvalue weighted by molar-refractivity contribution is -0.233. The molecule has 1 heterocycles. The van der Waals surface area contributed by atoms with Crippen molar-refractivity contribution in [2.45, 2.75) is 145 Å². The number of likely N-dealkylation sites (tertiary alicyclic amines) is 1. The van der Waals surface area contributed by atoms with Crippen LogP contribution >= 0.6 is 0 Å². The summed E-state index contributed by atoms with van der Waals surface area (Å²) < 4.78 is 6.15. The number of Topliss-reactive ketones (excluding diaryl/α,β-unsaturated/α-hetero) is 1. The van der Waals surface area contributed by atoms with Gasteiger partial charge in [0, 0.05) is 18.5 Å². The first-order valence-electron chi connectivity index (χ1n) is 18.8. The van der Waals surface area contributed by atoms with Crippen LogP contribution in [0.2, 0.25) is 0 Å². The quantitative estimate of drug-likeness (QED) is 0.170. The molecule has 1 N–H and O–H groups in total. The van der Waals surface area contributed by atoms with Gasteiger partial charge < -0.3 is 14.7 Å². The van der Waals surface area contributed by atoms with Crippen LogP contribution in [-0.4, -0.2) is 52.8 Å². The number of fused-ring (bicyclic) bond motifs is 7. The average Bonchev–Trinajstić information content (AvgIpc) is 3.34. The molecule has 7 heteroatoms. The summed E-state index contributed by atoms with van der Waals surface area (Å²) in [7, 11) is 0. The SMILES string of the molecule is CC(C)C1=C2C3CCC4C5(C)CCC(OC(=O)CC(C)(C)C(=O)O)C(C)(C)C5CCC4(C)C3(C)CCC2(C(=O)C(=O)N2CCC2)CC1. The van der Waals surface area contributed by atoms with Gasteiger partial charge in [-0.05, 0) is 124 Å². The molecule has 1 amide bonds. The summed E-state index contributed by atoms with van der Waals surface area (Å²) in [6.45, 7) is 21.4. The Bertz CT molecular complexity index is 1390. The van der Waals surface area contributed by atoms with E-state index in [-0.39, 0.29) is 45.9 Å². The summed E-state index contributed by atoms with van der Waals surface area (Å²) in [5.74, 6) is -0.133. The van der Waals surface area contributed by atoms with Gasteiger partial charge in [0.1, 0.15) is 6.10 Å². The van der Waals surface area contributed by atoms with Crippen LogP contribution in [-0.2, 0) is 23.9 Å². The van der Waals surface area contributed by atoms with E-state index in [0.717, 1.165) is 70.6 Å². The summed E-state index contributed by atoms with van der Waals surface area (Å²) in [6.07, 6.45) is 10.3. The molecule has 6 rings (SSSR count). The fourth-order valence-electron chi connectivity index (χ4n) is 12.7. The fourth-order valence-corrected chi connectivity index (χ4v) is 12.7. The van der Waals surface area contributed by atoms with Crippen LogP contribution in [0.15, 0.2) is 11.1 Å². The lowest BCUT2D eigenvalue weighted by atomic mass is 9.33. The maximum absolute atomic E-state index is 14.3. The number of ether oxygens (including phenoxy) is 1. The van der Waals surface area contributed by atoms with Crippen LogP contribution in [0.1, 0.15) is 139 Å². The van der Waals surface area contributed by atoms with E-state index in [4.69, 9.17) is 4.74 Å². The molecule has 0 aromatic heterocycles. The normalized spacial score (nSPS) is 40.9. The first-order valence-corrected chi connectivity index (χ1v) is 18.8. The van der Waals surface area contributed by atoms with Gasteiger partial charge in [0.25, 0.3) is 5.91 Å². The molecule has 0 aromatic rings. The van der Waals surface area contributed by atoms with E-state index < -0.39 is 22.8 Å². The van der Waals surface area contributed by atoms with Crippen LogP contribution in [0.5, 0.6) is 0 Å². The van der Waals surface area contributed by atoms with Crippen LogP contribution in [0, 0.1) is 56.2 Å².